The molecule has 11 aromatic rings. The van der Waals surface area contributed by atoms with Crippen LogP contribution in [-0.4, -0.2) is 19.5 Å². The van der Waals surface area contributed by atoms with Crippen molar-refractivity contribution in [1.82, 2.24) is 19.5 Å². The third kappa shape index (κ3) is 4.50. The van der Waals surface area contributed by atoms with Gasteiger partial charge in [-0.1, -0.05) is 121 Å². The molecule has 0 radical (unpaired) electrons. The summed E-state index contributed by atoms with van der Waals surface area (Å²) in [5, 5.41) is 10.2. The van der Waals surface area contributed by atoms with E-state index in [4.69, 9.17) is 15.0 Å². The van der Waals surface area contributed by atoms with Crippen LogP contribution in [0.1, 0.15) is 0 Å². The maximum Gasteiger partial charge on any atom is 0.164 e. The van der Waals surface area contributed by atoms with Gasteiger partial charge in [0.15, 0.2) is 17.5 Å². The molecule has 0 spiro atoms. The van der Waals surface area contributed by atoms with Gasteiger partial charge in [0.2, 0.25) is 0 Å². The molecule has 5 heteroatoms. The molecular weight excluding hydrogens is 653 g/mol. The Morgan fingerprint density at radius 1 is 0.365 bits per heavy atom. The predicted molar refractivity (Wildman–Crippen MR) is 218 cm³/mol. The SMILES string of the molecule is c1ccc(-c2nc(-c3ccccc3)nc(-c3ccc(-n4c5cc6c(cc5c5c7ccccc7ccc54)sc4ccc5ccccc5c46)cc3)n2)cc1. The first-order chi connectivity index (χ1) is 25.8. The molecule has 0 aliphatic rings. The van der Waals surface area contributed by atoms with E-state index in [0.717, 1.165) is 22.4 Å². The Labute approximate surface area is 302 Å². The molecule has 11 rings (SSSR count). The Morgan fingerprint density at radius 2 is 0.904 bits per heavy atom. The summed E-state index contributed by atoms with van der Waals surface area (Å²) in [6.07, 6.45) is 0. The molecule has 0 amide bonds. The molecule has 0 N–H and O–H groups in total. The number of rotatable bonds is 4. The molecule has 0 unspecified atom stereocenters. The number of hydrogen-bond donors (Lipinski definition) is 0. The number of hydrogen-bond acceptors (Lipinski definition) is 4. The van der Waals surface area contributed by atoms with Crippen LogP contribution in [0.25, 0.3) is 103 Å². The minimum Gasteiger partial charge on any atom is -0.309 e. The van der Waals surface area contributed by atoms with Crippen molar-refractivity contribution in [2.45, 2.75) is 0 Å². The molecule has 52 heavy (non-hydrogen) atoms. The number of fused-ring (bicyclic) bond motifs is 10. The van der Waals surface area contributed by atoms with Crippen LogP contribution >= 0.6 is 11.3 Å². The summed E-state index contributed by atoms with van der Waals surface area (Å²) < 4.78 is 5.04. The Kier molecular flexibility index (Phi) is 6.39. The van der Waals surface area contributed by atoms with E-state index < -0.39 is 0 Å². The molecule has 8 aromatic carbocycles. The lowest BCUT2D eigenvalue weighted by Crippen LogP contribution is -2.00. The summed E-state index contributed by atoms with van der Waals surface area (Å²) in [5.74, 6) is 1.95. The summed E-state index contributed by atoms with van der Waals surface area (Å²) in [5.41, 5.74) is 6.31. The smallest absolute Gasteiger partial charge is 0.164 e. The van der Waals surface area contributed by atoms with Crippen LogP contribution in [0.4, 0.5) is 0 Å². The maximum atomic E-state index is 4.98. The predicted octanol–water partition coefficient (Wildman–Crippen LogP) is 12.6. The van der Waals surface area contributed by atoms with E-state index in [1.165, 1.54) is 63.5 Å². The molecule has 242 valence electrons. The van der Waals surface area contributed by atoms with E-state index in [0.29, 0.717) is 17.5 Å². The third-order valence-corrected chi connectivity index (χ3v) is 11.3. The summed E-state index contributed by atoms with van der Waals surface area (Å²) >= 11 is 1.88. The van der Waals surface area contributed by atoms with Crippen molar-refractivity contribution in [1.29, 1.82) is 0 Å². The lowest BCUT2D eigenvalue weighted by atomic mass is 10.0. The van der Waals surface area contributed by atoms with Crippen molar-refractivity contribution >= 4 is 74.9 Å². The molecule has 0 bridgehead atoms. The van der Waals surface area contributed by atoms with Crippen molar-refractivity contribution in [3.8, 4) is 39.9 Å². The van der Waals surface area contributed by atoms with E-state index >= 15 is 0 Å². The number of aromatic nitrogens is 4. The van der Waals surface area contributed by atoms with E-state index in [-0.39, 0.29) is 0 Å². The third-order valence-electron chi connectivity index (χ3n) is 10.2. The molecule has 3 aromatic heterocycles. The van der Waals surface area contributed by atoms with Gasteiger partial charge < -0.3 is 4.57 Å². The second-order valence-corrected chi connectivity index (χ2v) is 14.3. The highest BCUT2D eigenvalue weighted by molar-refractivity contribution is 7.26. The lowest BCUT2D eigenvalue weighted by Gasteiger charge is -2.11. The molecule has 4 nitrogen and oxygen atoms in total. The van der Waals surface area contributed by atoms with Crippen LogP contribution in [0, 0.1) is 0 Å². The molecule has 0 aliphatic heterocycles. The van der Waals surface area contributed by atoms with Crippen molar-refractivity contribution in [3.63, 3.8) is 0 Å². The first-order valence-corrected chi connectivity index (χ1v) is 18.3. The topological polar surface area (TPSA) is 43.6 Å². The fourth-order valence-corrected chi connectivity index (χ4v) is 8.94. The minimum atomic E-state index is 0.644. The van der Waals surface area contributed by atoms with Gasteiger partial charge in [-0.25, -0.2) is 15.0 Å². The van der Waals surface area contributed by atoms with Crippen LogP contribution in [-0.2, 0) is 0 Å². The molecule has 3 heterocycles. The number of thiophene rings is 1. The van der Waals surface area contributed by atoms with Crippen molar-refractivity contribution in [2.75, 3.05) is 0 Å². The summed E-state index contributed by atoms with van der Waals surface area (Å²) in [7, 11) is 0. The van der Waals surface area contributed by atoms with E-state index in [2.05, 4.69) is 114 Å². The molecule has 0 fully saturated rings. The van der Waals surface area contributed by atoms with Gasteiger partial charge in [0.25, 0.3) is 0 Å². The van der Waals surface area contributed by atoms with Gasteiger partial charge in [-0.15, -0.1) is 11.3 Å². The monoisotopic (exact) mass is 680 g/mol. The van der Waals surface area contributed by atoms with E-state index in [1.807, 2.05) is 72.0 Å². The van der Waals surface area contributed by atoms with Crippen LogP contribution in [0.15, 0.2) is 170 Å². The van der Waals surface area contributed by atoms with Gasteiger partial charge >= 0.3 is 0 Å². The highest BCUT2D eigenvalue weighted by Crippen LogP contribution is 2.44. The number of benzene rings is 8. The normalized spacial score (nSPS) is 11.8. The fraction of sp³-hybridized carbons (Fsp3) is 0. The van der Waals surface area contributed by atoms with E-state index in [9.17, 15) is 0 Å². The van der Waals surface area contributed by atoms with Crippen molar-refractivity contribution < 1.29 is 0 Å². The second-order valence-electron chi connectivity index (χ2n) is 13.2. The zero-order valence-electron chi connectivity index (χ0n) is 27.9. The quantitative estimate of drug-likeness (QED) is 0.186. The highest BCUT2D eigenvalue weighted by atomic mass is 32.1. The molecule has 0 atom stereocenters. The lowest BCUT2D eigenvalue weighted by molar-refractivity contribution is 1.07. The fourth-order valence-electron chi connectivity index (χ4n) is 7.80. The molecular formula is C47H28N4S. The van der Waals surface area contributed by atoms with Gasteiger partial charge in [-0.2, -0.15) is 0 Å². The average molecular weight is 681 g/mol. The maximum absolute atomic E-state index is 4.98. The first kappa shape index (κ1) is 29.1. The highest BCUT2D eigenvalue weighted by Gasteiger charge is 2.19. The van der Waals surface area contributed by atoms with Crippen LogP contribution in [0.3, 0.4) is 0 Å². The van der Waals surface area contributed by atoms with Gasteiger partial charge in [0.05, 0.1) is 11.0 Å². The summed E-state index contributed by atoms with van der Waals surface area (Å²) in [6, 6.07) is 60.2. The Bertz CT molecular complexity index is 3100. The number of nitrogens with zero attached hydrogens (tertiary/aromatic N) is 4. The average Bonchev–Trinajstić information content (AvgIpc) is 3.75. The molecule has 0 saturated heterocycles. The van der Waals surface area contributed by atoms with Crippen LogP contribution < -0.4 is 0 Å². The summed E-state index contributed by atoms with van der Waals surface area (Å²) in [6.45, 7) is 0. The Morgan fingerprint density at radius 3 is 1.54 bits per heavy atom. The minimum absolute atomic E-state index is 0.644. The van der Waals surface area contributed by atoms with Crippen molar-refractivity contribution in [2.24, 2.45) is 0 Å². The zero-order valence-corrected chi connectivity index (χ0v) is 28.7. The summed E-state index contributed by atoms with van der Waals surface area (Å²) in [4.78, 5) is 14.8. The first-order valence-electron chi connectivity index (χ1n) is 17.4. The van der Waals surface area contributed by atoms with Crippen LogP contribution in [0.2, 0.25) is 0 Å². The molecule has 0 saturated carbocycles. The standard InChI is InChI=1S/C47H28N4S/c1-3-13-31(14-4-1)45-48-46(32-15-5-2-6-16-32)50-47(49-45)33-19-23-34(24-20-33)51-39-25-21-29-11-7-9-17-35(29)43(39)37-28-42-38(27-40(37)51)44-36-18-10-8-12-30(36)22-26-41(44)52-42/h1-28H. The Hall–Kier alpha value is -6.69. The van der Waals surface area contributed by atoms with Crippen molar-refractivity contribution in [3.05, 3.63) is 170 Å². The van der Waals surface area contributed by atoms with Crippen LogP contribution in [0.5, 0.6) is 0 Å². The Balaban J connectivity index is 1.14. The second kappa shape index (κ2) is 11.4. The van der Waals surface area contributed by atoms with Gasteiger partial charge in [-0.05, 0) is 70.1 Å². The van der Waals surface area contributed by atoms with Gasteiger partial charge in [-0.3, -0.25) is 0 Å². The molecule has 0 aliphatic carbocycles. The van der Waals surface area contributed by atoms with Gasteiger partial charge in [0, 0.05) is 53.3 Å². The zero-order chi connectivity index (χ0) is 34.2. The van der Waals surface area contributed by atoms with Gasteiger partial charge in [0.1, 0.15) is 0 Å². The van der Waals surface area contributed by atoms with E-state index in [1.54, 1.807) is 0 Å². The largest absolute Gasteiger partial charge is 0.309 e.